The van der Waals surface area contributed by atoms with Gasteiger partial charge < -0.3 is 4.74 Å². The molecule has 0 aliphatic heterocycles. The molecular weight excluding hydrogens is 284 g/mol. The smallest absolute Gasteiger partial charge is 0.227 e. The van der Waals surface area contributed by atoms with E-state index in [1.807, 2.05) is 50.3 Å². The van der Waals surface area contributed by atoms with Crippen molar-refractivity contribution in [2.75, 3.05) is 0 Å². The minimum atomic E-state index is 0.451. The van der Waals surface area contributed by atoms with E-state index >= 15 is 0 Å². The maximum Gasteiger partial charge on any atom is 0.227 e. The Morgan fingerprint density at radius 2 is 2.00 bits per heavy atom. The Morgan fingerprint density at radius 1 is 1.24 bits per heavy atom. The monoisotopic (exact) mass is 302 g/mol. The number of aromatic nitrogens is 2. The largest absolute Gasteiger partial charge is 0.438 e. The van der Waals surface area contributed by atoms with Crippen LogP contribution >= 0.6 is 11.6 Å². The highest BCUT2D eigenvalue weighted by Gasteiger charge is 2.12. The lowest BCUT2D eigenvalue weighted by Gasteiger charge is -2.12. The first-order valence-corrected chi connectivity index (χ1v) is 7.46. The second kappa shape index (κ2) is 7.23. The minimum Gasteiger partial charge on any atom is -0.438 e. The Hall–Kier alpha value is -1.87. The van der Waals surface area contributed by atoms with Crippen molar-refractivity contribution in [3.05, 3.63) is 52.4 Å². The summed E-state index contributed by atoms with van der Waals surface area (Å²) in [6, 6.07) is 7.84. The van der Waals surface area contributed by atoms with Crippen LogP contribution in [0.3, 0.4) is 0 Å². The van der Waals surface area contributed by atoms with Crippen LogP contribution in [-0.2, 0) is 6.42 Å². The van der Waals surface area contributed by atoms with E-state index < -0.39 is 0 Å². The lowest BCUT2D eigenvalue weighted by Crippen LogP contribution is -2.01. The van der Waals surface area contributed by atoms with E-state index in [0.717, 1.165) is 29.7 Å². The molecule has 0 amide bonds. The number of nitrogens with zero attached hydrogens (tertiary/aromatic N) is 2. The van der Waals surface area contributed by atoms with Gasteiger partial charge in [0.05, 0.1) is 0 Å². The van der Waals surface area contributed by atoms with Crippen molar-refractivity contribution in [1.82, 2.24) is 9.97 Å². The fourth-order valence-corrected chi connectivity index (χ4v) is 2.12. The molecule has 2 aromatic rings. The van der Waals surface area contributed by atoms with Crippen molar-refractivity contribution < 1.29 is 4.74 Å². The Balaban J connectivity index is 2.39. The molecule has 4 heteroatoms. The van der Waals surface area contributed by atoms with Gasteiger partial charge in [0.25, 0.3) is 0 Å². The van der Waals surface area contributed by atoms with Gasteiger partial charge in [0, 0.05) is 17.5 Å². The Labute approximate surface area is 130 Å². The standard InChI is InChI=1S/C17H19ClN2O/c1-4-8-13-10-6-7-11-14(13)21-17-12(3)16(18)19-15(20-17)9-5-2/h4,6-8,10-11H,5,9H2,1-3H3/b8-4+. The Bertz CT molecular complexity index is 653. The zero-order valence-electron chi connectivity index (χ0n) is 12.6. The van der Waals surface area contributed by atoms with E-state index in [4.69, 9.17) is 16.3 Å². The number of ether oxygens (including phenoxy) is 1. The molecular formula is C17H19ClN2O. The van der Waals surface area contributed by atoms with Gasteiger partial charge in [-0.05, 0) is 26.3 Å². The van der Waals surface area contributed by atoms with E-state index in [1.165, 1.54) is 0 Å². The van der Waals surface area contributed by atoms with Crippen molar-refractivity contribution in [3.63, 3.8) is 0 Å². The van der Waals surface area contributed by atoms with Gasteiger partial charge in [0.1, 0.15) is 16.7 Å². The number of hydrogen-bond acceptors (Lipinski definition) is 3. The van der Waals surface area contributed by atoms with Crippen molar-refractivity contribution in [2.24, 2.45) is 0 Å². The molecule has 3 nitrogen and oxygen atoms in total. The minimum absolute atomic E-state index is 0.451. The molecule has 0 atom stereocenters. The first-order valence-electron chi connectivity index (χ1n) is 7.08. The molecule has 0 fully saturated rings. The first kappa shape index (κ1) is 15.5. The highest BCUT2D eigenvalue weighted by Crippen LogP contribution is 2.29. The van der Waals surface area contributed by atoms with Crippen molar-refractivity contribution in [1.29, 1.82) is 0 Å². The first-order chi connectivity index (χ1) is 10.2. The van der Waals surface area contributed by atoms with Crippen LogP contribution in [0.15, 0.2) is 30.3 Å². The third-order valence-corrected chi connectivity index (χ3v) is 3.40. The second-order valence-electron chi connectivity index (χ2n) is 4.75. The van der Waals surface area contributed by atoms with Gasteiger partial charge in [0.15, 0.2) is 0 Å². The zero-order valence-corrected chi connectivity index (χ0v) is 13.3. The van der Waals surface area contributed by atoms with Crippen molar-refractivity contribution in [2.45, 2.75) is 33.6 Å². The van der Waals surface area contributed by atoms with E-state index in [2.05, 4.69) is 16.9 Å². The summed E-state index contributed by atoms with van der Waals surface area (Å²) < 4.78 is 5.97. The van der Waals surface area contributed by atoms with Crippen LogP contribution in [0.4, 0.5) is 0 Å². The molecule has 110 valence electrons. The summed E-state index contributed by atoms with van der Waals surface area (Å²) in [5.41, 5.74) is 1.76. The SMILES string of the molecule is C/C=C/c1ccccc1Oc1nc(CCC)nc(Cl)c1C. The number of hydrogen-bond donors (Lipinski definition) is 0. The zero-order chi connectivity index (χ0) is 15.2. The van der Waals surface area contributed by atoms with E-state index in [1.54, 1.807) is 0 Å². The van der Waals surface area contributed by atoms with Gasteiger partial charge in [-0.2, -0.15) is 4.98 Å². The van der Waals surface area contributed by atoms with Crippen molar-refractivity contribution in [3.8, 4) is 11.6 Å². The fraction of sp³-hybridized carbons (Fsp3) is 0.294. The summed E-state index contributed by atoms with van der Waals surface area (Å²) >= 11 is 6.18. The van der Waals surface area contributed by atoms with Crippen LogP contribution in [0.5, 0.6) is 11.6 Å². The quantitative estimate of drug-likeness (QED) is 0.711. The predicted molar refractivity (Wildman–Crippen MR) is 87.0 cm³/mol. The van der Waals surface area contributed by atoms with E-state index in [0.29, 0.717) is 16.9 Å². The topological polar surface area (TPSA) is 35.0 Å². The van der Waals surface area contributed by atoms with Crippen molar-refractivity contribution >= 4 is 17.7 Å². The van der Waals surface area contributed by atoms with Gasteiger partial charge in [0.2, 0.25) is 5.88 Å². The third kappa shape index (κ3) is 3.82. The van der Waals surface area contributed by atoms with Gasteiger partial charge in [-0.1, -0.05) is 48.9 Å². The molecule has 1 aromatic carbocycles. The summed E-state index contributed by atoms with van der Waals surface area (Å²) in [6.45, 7) is 5.92. The number of para-hydroxylation sites is 1. The molecule has 0 aliphatic carbocycles. The van der Waals surface area contributed by atoms with Gasteiger partial charge in [-0.3, -0.25) is 0 Å². The van der Waals surface area contributed by atoms with Crippen LogP contribution in [-0.4, -0.2) is 9.97 Å². The molecule has 0 radical (unpaired) electrons. The van der Waals surface area contributed by atoms with E-state index in [-0.39, 0.29) is 0 Å². The number of rotatable bonds is 5. The molecule has 0 bridgehead atoms. The number of halogens is 1. The van der Waals surface area contributed by atoms with Crippen LogP contribution in [0.1, 0.15) is 37.2 Å². The summed E-state index contributed by atoms with van der Waals surface area (Å²) in [4.78, 5) is 8.76. The molecule has 0 saturated carbocycles. The number of allylic oxidation sites excluding steroid dienone is 1. The van der Waals surface area contributed by atoms with Crippen LogP contribution in [0.25, 0.3) is 6.08 Å². The lowest BCUT2D eigenvalue weighted by molar-refractivity contribution is 0.453. The molecule has 0 saturated heterocycles. The van der Waals surface area contributed by atoms with Gasteiger partial charge >= 0.3 is 0 Å². The molecule has 0 N–H and O–H groups in total. The maximum absolute atomic E-state index is 6.18. The molecule has 2 rings (SSSR count). The van der Waals surface area contributed by atoms with Crippen LogP contribution in [0, 0.1) is 6.92 Å². The summed E-state index contributed by atoms with van der Waals surface area (Å²) in [5.74, 6) is 2.00. The summed E-state index contributed by atoms with van der Waals surface area (Å²) in [5, 5.41) is 0.451. The average molecular weight is 303 g/mol. The van der Waals surface area contributed by atoms with Gasteiger partial charge in [-0.15, -0.1) is 0 Å². The van der Waals surface area contributed by atoms with E-state index in [9.17, 15) is 0 Å². The number of aryl methyl sites for hydroxylation is 1. The summed E-state index contributed by atoms with van der Waals surface area (Å²) in [6.07, 6.45) is 5.73. The molecule has 21 heavy (non-hydrogen) atoms. The van der Waals surface area contributed by atoms with Gasteiger partial charge in [-0.25, -0.2) is 4.98 Å². The lowest BCUT2D eigenvalue weighted by atomic mass is 10.2. The van der Waals surface area contributed by atoms with Crippen LogP contribution in [0.2, 0.25) is 5.15 Å². The highest BCUT2D eigenvalue weighted by molar-refractivity contribution is 6.30. The normalized spacial score (nSPS) is 11.0. The second-order valence-corrected chi connectivity index (χ2v) is 5.11. The maximum atomic E-state index is 6.18. The fourth-order valence-electron chi connectivity index (χ4n) is 1.94. The highest BCUT2D eigenvalue weighted by atomic mass is 35.5. The Kier molecular flexibility index (Phi) is 5.34. The predicted octanol–water partition coefficient (Wildman–Crippen LogP) is 5.22. The number of benzene rings is 1. The summed E-state index contributed by atoms with van der Waals surface area (Å²) in [7, 11) is 0. The molecule has 0 spiro atoms. The molecule has 0 aliphatic rings. The molecule has 0 unspecified atom stereocenters. The molecule has 1 heterocycles. The third-order valence-electron chi connectivity index (χ3n) is 3.03. The molecule has 1 aromatic heterocycles. The Morgan fingerprint density at radius 3 is 2.71 bits per heavy atom. The average Bonchev–Trinajstić information content (AvgIpc) is 2.47. The van der Waals surface area contributed by atoms with Crippen LogP contribution < -0.4 is 4.74 Å².